The smallest absolute Gasteiger partial charge is 0.214 e. The molecule has 1 N–H and O–H groups in total. The Morgan fingerprint density at radius 1 is 1.25 bits per heavy atom. The van der Waals surface area contributed by atoms with E-state index in [2.05, 4.69) is 20.7 Å². The minimum absolute atomic E-state index is 0.436. The summed E-state index contributed by atoms with van der Waals surface area (Å²) in [7, 11) is -3.19. The Labute approximate surface area is 108 Å². The molecule has 0 aliphatic heterocycles. The van der Waals surface area contributed by atoms with Gasteiger partial charge in [0.25, 0.3) is 0 Å². The molecule has 0 bridgehead atoms. The summed E-state index contributed by atoms with van der Waals surface area (Å²) in [6, 6.07) is 0. The Morgan fingerprint density at radius 2 is 1.81 bits per heavy atom. The van der Waals surface area contributed by atoms with Gasteiger partial charge in [0.1, 0.15) is 0 Å². The third-order valence-corrected chi connectivity index (χ3v) is 6.52. The number of alkyl halides is 1. The molecule has 1 aliphatic rings. The van der Waals surface area contributed by atoms with Gasteiger partial charge in [-0.05, 0) is 39.5 Å². The molecular formula is C11H22BrNO2S. The molecule has 0 radical (unpaired) electrons. The lowest BCUT2D eigenvalue weighted by Crippen LogP contribution is -2.43. The van der Waals surface area contributed by atoms with E-state index in [1.165, 1.54) is 12.8 Å². The molecular weight excluding hydrogens is 290 g/mol. The first-order valence-corrected chi connectivity index (χ1v) is 8.27. The standard InChI is InChI=1S/C11H22BrNO2S/c1-11(2,3)16(14,15)13-8-9-6-4-5-7-10(9)12/h9-10,13H,4-8H2,1-3H3. The van der Waals surface area contributed by atoms with Crippen molar-refractivity contribution < 1.29 is 8.42 Å². The van der Waals surface area contributed by atoms with Crippen LogP contribution in [-0.4, -0.2) is 24.5 Å². The molecule has 0 aromatic carbocycles. The molecule has 0 amide bonds. The second-order valence-corrected chi connectivity index (χ2v) is 9.22. The molecule has 96 valence electrons. The fourth-order valence-corrected chi connectivity index (χ4v) is 3.47. The van der Waals surface area contributed by atoms with Crippen LogP contribution in [0.5, 0.6) is 0 Å². The molecule has 1 fully saturated rings. The Hall–Kier alpha value is 0.390. The second kappa shape index (κ2) is 5.36. The van der Waals surface area contributed by atoms with Gasteiger partial charge in [0.2, 0.25) is 10.0 Å². The molecule has 2 unspecified atom stereocenters. The van der Waals surface area contributed by atoms with Gasteiger partial charge in [0.15, 0.2) is 0 Å². The van der Waals surface area contributed by atoms with Gasteiger partial charge < -0.3 is 0 Å². The maximum atomic E-state index is 11.9. The van der Waals surface area contributed by atoms with Crippen molar-refractivity contribution in [2.45, 2.75) is 56.0 Å². The summed E-state index contributed by atoms with van der Waals surface area (Å²) in [6.45, 7) is 5.74. The molecule has 0 aromatic heterocycles. The molecule has 0 saturated heterocycles. The minimum atomic E-state index is -3.19. The van der Waals surface area contributed by atoms with Gasteiger partial charge in [-0.2, -0.15) is 0 Å². The summed E-state index contributed by atoms with van der Waals surface area (Å²) in [5.74, 6) is 0.436. The van der Waals surface area contributed by atoms with Crippen LogP contribution in [0.4, 0.5) is 0 Å². The van der Waals surface area contributed by atoms with Gasteiger partial charge in [-0.3, -0.25) is 0 Å². The van der Waals surface area contributed by atoms with E-state index in [0.29, 0.717) is 17.3 Å². The lowest BCUT2D eigenvalue weighted by molar-refractivity contribution is 0.372. The highest BCUT2D eigenvalue weighted by Gasteiger charge is 2.31. The van der Waals surface area contributed by atoms with Crippen LogP contribution in [0.1, 0.15) is 46.5 Å². The summed E-state index contributed by atoms with van der Waals surface area (Å²) in [6.07, 6.45) is 4.73. The third-order valence-electron chi connectivity index (χ3n) is 3.16. The van der Waals surface area contributed by atoms with E-state index in [4.69, 9.17) is 0 Å². The first kappa shape index (κ1) is 14.5. The van der Waals surface area contributed by atoms with E-state index in [9.17, 15) is 8.42 Å². The first-order chi connectivity index (χ1) is 7.24. The Balaban J connectivity index is 2.51. The SMILES string of the molecule is CC(C)(C)S(=O)(=O)NCC1CCCCC1Br. The van der Waals surface area contributed by atoms with Crippen molar-refractivity contribution in [3.05, 3.63) is 0 Å². The second-order valence-electron chi connectivity index (χ2n) is 5.52. The maximum absolute atomic E-state index is 11.9. The van der Waals surface area contributed by atoms with Crippen LogP contribution < -0.4 is 4.72 Å². The van der Waals surface area contributed by atoms with E-state index in [1.807, 2.05) is 0 Å². The predicted molar refractivity (Wildman–Crippen MR) is 71.3 cm³/mol. The lowest BCUT2D eigenvalue weighted by atomic mass is 9.89. The molecule has 16 heavy (non-hydrogen) atoms. The van der Waals surface area contributed by atoms with Crippen molar-refractivity contribution in [1.82, 2.24) is 4.72 Å². The average Bonchev–Trinajstić information content (AvgIpc) is 2.15. The number of hydrogen-bond donors (Lipinski definition) is 1. The molecule has 1 rings (SSSR count). The van der Waals surface area contributed by atoms with Gasteiger partial charge in [0, 0.05) is 11.4 Å². The topological polar surface area (TPSA) is 46.2 Å². The zero-order valence-corrected chi connectivity index (χ0v) is 12.7. The zero-order chi connectivity index (χ0) is 12.4. The lowest BCUT2D eigenvalue weighted by Gasteiger charge is -2.29. The maximum Gasteiger partial charge on any atom is 0.216 e. The fraction of sp³-hybridized carbons (Fsp3) is 1.00. The van der Waals surface area contributed by atoms with Crippen LogP contribution in [-0.2, 0) is 10.0 Å². The van der Waals surface area contributed by atoms with E-state index in [0.717, 1.165) is 12.8 Å². The molecule has 5 heteroatoms. The highest BCUT2D eigenvalue weighted by molar-refractivity contribution is 9.09. The summed E-state index contributed by atoms with van der Waals surface area (Å²) in [5.41, 5.74) is 0. The van der Waals surface area contributed by atoms with Crippen LogP contribution >= 0.6 is 15.9 Å². The molecule has 0 aromatic rings. The van der Waals surface area contributed by atoms with Crippen molar-refractivity contribution in [3.8, 4) is 0 Å². The van der Waals surface area contributed by atoms with Crippen molar-refractivity contribution >= 4 is 26.0 Å². The molecule has 3 nitrogen and oxygen atoms in total. The van der Waals surface area contributed by atoms with E-state index in [-0.39, 0.29) is 0 Å². The van der Waals surface area contributed by atoms with Gasteiger partial charge in [-0.25, -0.2) is 13.1 Å². The van der Waals surface area contributed by atoms with E-state index < -0.39 is 14.8 Å². The van der Waals surface area contributed by atoms with Gasteiger partial charge in [-0.1, -0.05) is 28.8 Å². The highest BCUT2D eigenvalue weighted by Crippen LogP contribution is 2.29. The third kappa shape index (κ3) is 3.70. The Kier molecular flexibility index (Phi) is 4.84. The number of sulfonamides is 1. The minimum Gasteiger partial charge on any atom is -0.214 e. The first-order valence-electron chi connectivity index (χ1n) is 5.87. The Bertz CT molecular complexity index is 321. The van der Waals surface area contributed by atoms with E-state index >= 15 is 0 Å². The van der Waals surface area contributed by atoms with Crippen LogP contribution in [0.25, 0.3) is 0 Å². The molecule has 2 atom stereocenters. The van der Waals surface area contributed by atoms with Gasteiger partial charge >= 0.3 is 0 Å². The van der Waals surface area contributed by atoms with Crippen LogP contribution in [0.2, 0.25) is 0 Å². The summed E-state index contributed by atoms with van der Waals surface area (Å²) >= 11 is 3.64. The predicted octanol–water partition coefficient (Wildman–Crippen LogP) is 2.66. The highest BCUT2D eigenvalue weighted by atomic mass is 79.9. The number of nitrogens with one attached hydrogen (secondary N) is 1. The van der Waals surface area contributed by atoms with Gasteiger partial charge in [-0.15, -0.1) is 0 Å². The number of halogens is 1. The summed E-state index contributed by atoms with van der Waals surface area (Å²) < 4.78 is 25.8. The molecule has 0 heterocycles. The van der Waals surface area contributed by atoms with Crippen molar-refractivity contribution in [2.75, 3.05) is 6.54 Å². The van der Waals surface area contributed by atoms with Crippen molar-refractivity contribution in [3.63, 3.8) is 0 Å². The average molecular weight is 312 g/mol. The van der Waals surface area contributed by atoms with Gasteiger partial charge in [0.05, 0.1) is 4.75 Å². The Morgan fingerprint density at radius 3 is 2.31 bits per heavy atom. The van der Waals surface area contributed by atoms with Crippen LogP contribution in [0.15, 0.2) is 0 Å². The molecule has 1 saturated carbocycles. The monoisotopic (exact) mass is 311 g/mol. The van der Waals surface area contributed by atoms with Crippen LogP contribution in [0, 0.1) is 5.92 Å². The number of rotatable bonds is 3. The van der Waals surface area contributed by atoms with Crippen molar-refractivity contribution in [2.24, 2.45) is 5.92 Å². The fourth-order valence-electron chi connectivity index (χ4n) is 1.83. The molecule has 1 aliphatic carbocycles. The largest absolute Gasteiger partial charge is 0.216 e. The zero-order valence-electron chi connectivity index (χ0n) is 10.3. The molecule has 0 spiro atoms. The summed E-state index contributed by atoms with van der Waals surface area (Å²) in [4.78, 5) is 0.462. The number of hydrogen-bond acceptors (Lipinski definition) is 2. The summed E-state index contributed by atoms with van der Waals surface area (Å²) in [5, 5.41) is 0. The van der Waals surface area contributed by atoms with Crippen LogP contribution in [0.3, 0.4) is 0 Å². The van der Waals surface area contributed by atoms with E-state index in [1.54, 1.807) is 20.8 Å². The van der Waals surface area contributed by atoms with Crippen molar-refractivity contribution in [1.29, 1.82) is 0 Å². The quantitative estimate of drug-likeness (QED) is 0.814. The normalized spacial score (nSPS) is 28.0.